The molecule has 1 aliphatic heterocycles. The van der Waals surface area contributed by atoms with Crippen LogP contribution in [-0.4, -0.2) is 52.1 Å². The molecule has 1 fully saturated rings. The molecular weight excluding hydrogens is 336 g/mol. The molecule has 0 saturated carbocycles. The van der Waals surface area contributed by atoms with Crippen molar-refractivity contribution >= 4 is 17.2 Å². The van der Waals surface area contributed by atoms with Gasteiger partial charge in [-0.15, -0.1) is 11.3 Å². The molecule has 0 aliphatic carbocycles. The van der Waals surface area contributed by atoms with E-state index in [0.29, 0.717) is 18.8 Å². The summed E-state index contributed by atoms with van der Waals surface area (Å²) >= 11 is 1.59. The molecule has 1 atom stereocenters. The second-order valence-corrected chi connectivity index (χ2v) is 7.38. The van der Waals surface area contributed by atoms with Gasteiger partial charge >= 0.3 is 0 Å². The Labute approximate surface area is 152 Å². The van der Waals surface area contributed by atoms with Crippen LogP contribution in [0.25, 0.3) is 0 Å². The molecule has 1 saturated heterocycles. The van der Waals surface area contributed by atoms with Crippen molar-refractivity contribution in [2.24, 2.45) is 0 Å². The minimum atomic E-state index is 0.0540. The molecule has 6 nitrogen and oxygen atoms in total. The number of hydrogen-bond donors (Lipinski definition) is 0. The lowest BCUT2D eigenvalue weighted by Gasteiger charge is -2.32. The number of carbonyl (C=O) groups is 1. The van der Waals surface area contributed by atoms with E-state index in [1.807, 2.05) is 22.7 Å². The minimum Gasteiger partial charge on any atom is -0.383 e. The van der Waals surface area contributed by atoms with Gasteiger partial charge in [0.05, 0.1) is 11.6 Å². The molecule has 136 valence electrons. The van der Waals surface area contributed by atoms with Gasteiger partial charge in [0.25, 0.3) is 5.91 Å². The number of hydrogen-bond acceptors (Lipinski definition) is 5. The predicted octanol–water partition coefficient (Wildman–Crippen LogP) is 2.96. The first-order chi connectivity index (χ1) is 12.2. The van der Waals surface area contributed by atoms with Crippen LogP contribution in [0.5, 0.6) is 0 Å². The Hall–Kier alpha value is -1.73. The van der Waals surface area contributed by atoms with Crippen LogP contribution in [0.2, 0.25) is 0 Å². The average Bonchev–Trinajstić information content (AvgIpc) is 3.29. The number of piperidine rings is 1. The molecule has 1 aliphatic rings. The number of aryl methyl sites for hydroxylation is 1. The highest BCUT2D eigenvalue weighted by Gasteiger charge is 2.28. The number of imidazole rings is 1. The molecule has 1 unspecified atom stereocenters. The number of carbonyl (C=O) groups excluding carboxylic acids is 1. The summed E-state index contributed by atoms with van der Waals surface area (Å²) in [5.41, 5.74) is 0.594. The Bertz CT molecular complexity index is 697. The predicted molar refractivity (Wildman–Crippen MR) is 98.1 cm³/mol. The van der Waals surface area contributed by atoms with Crippen molar-refractivity contribution in [3.8, 4) is 0 Å². The van der Waals surface area contributed by atoms with Gasteiger partial charge in [0.15, 0.2) is 0 Å². The molecule has 1 amide bonds. The maximum absolute atomic E-state index is 12.8. The maximum atomic E-state index is 12.8. The minimum absolute atomic E-state index is 0.0540. The molecule has 0 bridgehead atoms. The van der Waals surface area contributed by atoms with E-state index < -0.39 is 0 Å². The van der Waals surface area contributed by atoms with Gasteiger partial charge in [-0.05, 0) is 25.7 Å². The summed E-state index contributed by atoms with van der Waals surface area (Å²) in [5.74, 6) is 1.39. The first-order valence-electron chi connectivity index (χ1n) is 8.96. The molecule has 0 N–H and O–H groups in total. The van der Waals surface area contributed by atoms with E-state index in [2.05, 4.69) is 21.5 Å². The molecular formula is C18H26N4O2S. The zero-order valence-corrected chi connectivity index (χ0v) is 15.8. The monoisotopic (exact) mass is 362 g/mol. The molecule has 0 spiro atoms. The smallest absolute Gasteiger partial charge is 0.273 e. The van der Waals surface area contributed by atoms with Crippen LogP contribution >= 0.6 is 11.3 Å². The summed E-state index contributed by atoms with van der Waals surface area (Å²) in [6.45, 7) is 5.10. The SMILES string of the molecule is CCCc1nc(C(=O)N2CCCC(c3nccn3CCOC)C2)cs1. The van der Waals surface area contributed by atoms with Gasteiger partial charge in [0.1, 0.15) is 11.5 Å². The van der Waals surface area contributed by atoms with E-state index in [0.717, 1.165) is 49.6 Å². The normalized spacial score (nSPS) is 17.8. The molecule has 2 aromatic rings. The summed E-state index contributed by atoms with van der Waals surface area (Å²) in [6, 6.07) is 0. The molecule has 3 heterocycles. The fraction of sp³-hybridized carbons (Fsp3) is 0.611. The van der Waals surface area contributed by atoms with Crippen LogP contribution in [0.4, 0.5) is 0 Å². The van der Waals surface area contributed by atoms with E-state index in [4.69, 9.17) is 4.74 Å². The Morgan fingerprint density at radius 1 is 1.48 bits per heavy atom. The fourth-order valence-electron chi connectivity index (χ4n) is 3.33. The van der Waals surface area contributed by atoms with Crippen LogP contribution < -0.4 is 0 Å². The highest BCUT2D eigenvalue weighted by Crippen LogP contribution is 2.27. The van der Waals surface area contributed by atoms with Crippen LogP contribution in [0.15, 0.2) is 17.8 Å². The molecule has 0 radical (unpaired) electrons. The third-order valence-corrected chi connectivity index (χ3v) is 5.50. The molecule has 25 heavy (non-hydrogen) atoms. The van der Waals surface area contributed by atoms with Gasteiger partial charge in [-0.2, -0.15) is 0 Å². The summed E-state index contributed by atoms with van der Waals surface area (Å²) in [7, 11) is 1.71. The van der Waals surface area contributed by atoms with Gasteiger partial charge in [0, 0.05) is 50.4 Å². The Morgan fingerprint density at radius 3 is 3.16 bits per heavy atom. The molecule has 7 heteroatoms. The van der Waals surface area contributed by atoms with E-state index in [-0.39, 0.29) is 11.8 Å². The Balaban J connectivity index is 1.68. The number of aromatic nitrogens is 3. The number of ether oxygens (including phenoxy) is 1. The van der Waals surface area contributed by atoms with Crippen LogP contribution in [0, 0.1) is 0 Å². The third kappa shape index (κ3) is 4.27. The highest BCUT2D eigenvalue weighted by molar-refractivity contribution is 7.09. The number of thiazole rings is 1. The highest BCUT2D eigenvalue weighted by atomic mass is 32.1. The van der Waals surface area contributed by atoms with Gasteiger partial charge < -0.3 is 14.2 Å². The lowest BCUT2D eigenvalue weighted by Crippen LogP contribution is -2.40. The third-order valence-electron chi connectivity index (χ3n) is 4.59. The van der Waals surface area contributed by atoms with E-state index in [1.165, 1.54) is 0 Å². The quantitative estimate of drug-likeness (QED) is 0.760. The molecule has 0 aromatic carbocycles. The van der Waals surface area contributed by atoms with Crippen molar-refractivity contribution in [1.29, 1.82) is 0 Å². The molecule has 3 rings (SSSR count). The fourth-order valence-corrected chi connectivity index (χ4v) is 4.21. The Morgan fingerprint density at radius 2 is 2.36 bits per heavy atom. The van der Waals surface area contributed by atoms with Gasteiger partial charge in [-0.3, -0.25) is 4.79 Å². The largest absolute Gasteiger partial charge is 0.383 e. The van der Waals surface area contributed by atoms with Crippen molar-refractivity contribution in [2.45, 2.75) is 45.1 Å². The van der Waals surface area contributed by atoms with Crippen LogP contribution in [-0.2, 0) is 17.7 Å². The number of rotatable bonds is 7. The van der Waals surface area contributed by atoms with Crippen LogP contribution in [0.1, 0.15) is 53.4 Å². The van der Waals surface area contributed by atoms with Crippen LogP contribution in [0.3, 0.4) is 0 Å². The second kappa shape index (κ2) is 8.58. The van der Waals surface area contributed by atoms with Crippen molar-refractivity contribution in [3.05, 3.63) is 34.3 Å². The summed E-state index contributed by atoms with van der Waals surface area (Å²) in [6.07, 6.45) is 7.88. The Kier molecular flexibility index (Phi) is 6.20. The topological polar surface area (TPSA) is 60.2 Å². The van der Waals surface area contributed by atoms with Gasteiger partial charge in [-0.25, -0.2) is 9.97 Å². The zero-order valence-electron chi connectivity index (χ0n) is 15.0. The van der Waals surface area contributed by atoms with E-state index in [9.17, 15) is 4.79 Å². The second-order valence-electron chi connectivity index (χ2n) is 6.44. The van der Waals surface area contributed by atoms with Crippen molar-refractivity contribution in [1.82, 2.24) is 19.4 Å². The van der Waals surface area contributed by atoms with E-state index in [1.54, 1.807) is 18.4 Å². The lowest BCUT2D eigenvalue weighted by molar-refractivity contribution is 0.0697. The van der Waals surface area contributed by atoms with Crippen molar-refractivity contribution < 1.29 is 9.53 Å². The zero-order chi connectivity index (χ0) is 17.6. The van der Waals surface area contributed by atoms with Crippen molar-refractivity contribution in [3.63, 3.8) is 0 Å². The first kappa shape index (κ1) is 18.1. The number of nitrogens with zero attached hydrogens (tertiary/aromatic N) is 4. The van der Waals surface area contributed by atoms with Gasteiger partial charge in [-0.1, -0.05) is 6.92 Å². The van der Waals surface area contributed by atoms with Gasteiger partial charge in [0.2, 0.25) is 0 Å². The summed E-state index contributed by atoms with van der Waals surface area (Å²) < 4.78 is 7.32. The lowest BCUT2D eigenvalue weighted by atomic mass is 9.97. The number of methoxy groups -OCH3 is 1. The molecule has 2 aromatic heterocycles. The first-order valence-corrected chi connectivity index (χ1v) is 9.84. The van der Waals surface area contributed by atoms with Crippen molar-refractivity contribution in [2.75, 3.05) is 26.8 Å². The standard InChI is InChI=1S/C18H26N4O2S/c1-3-5-16-20-15(13-25-16)18(23)22-8-4-6-14(12-22)17-19-7-9-21(17)10-11-24-2/h7,9,13-14H,3-6,8,10-12H2,1-2H3. The number of likely N-dealkylation sites (tertiary alicyclic amines) is 1. The summed E-state index contributed by atoms with van der Waals surface area (Å²) in [4.78, 5) is 23.8. The van der Waals surface area contributed by atoms with E-state index >= 15 is 0 Å². The number of amides is 1. The average molecular weight is 362 g/mol. The maximum Gasteiger partial charge on any atom is 0.273 e. The summed E-state index contributed by atoms with van der Waals surface area (Å²) in [5, 5.41) is 2.95.